The fourth-order valence-corrected chi connectivity index (χ4v) is 3.10. The maximum absolute atomic E-state index is 12.7. The average molecular weight is 361 g/mol. The van der Waals surface area contributed by atoms with E-state index in [1.54, 1.807) is 18.2 Å². The van der Waals surface area contributed by atoms with Crippen LogP contribution in [0.3, 0.4) is 0 Å². The molecule has 5 nitrogen and oxygen atoms in total. The van der Waals surface area contributed by atoms with Crippen LogP contribution in [0.25, 0.3) is 0 Å². The molecule has 1 fully saturated rings. The minimum Gasteiger partial charge on any atom is -0.496 e. The van der Waals surface area contributed by atoms with Crippen molar-refractivity contribution >= 4 is 17.5 Å². The minimum absolute atomic E-state index is 0.163. The molecule has 0 spiro atoms. The molecule has 1 amide bonds. The van der Waals surface area contributed by atoms with E-state index in [9.17, 15) is 4.79 Å². The predicted molar refractivity (Wildman–Crippen MR) is 96.0 cm³/mol. The van der Waals surface area contributed by atoms with Crippen LogP contribution in [0.1, 0.15) is 28.8 Å². The fourth-order valence-electron chi connectivity index (χ4n) is 2.92. The number of carbonyl (C=O) groups excluding carboxylic acids is 1. The highest BCUT2D eigenvalue weighted by Gasteiger charge is 2.17. The summed E-state index contributed by atoms with van der Waals surface area (Å²) in [7, 11) is 1.52. The van der Waals surface area contributed by atoms with Crippen LogP contribution in [0.15, 0.2) is 41.5 Å². The summed E-state index contributed by atoms with van der Waals surface area (Å²) in [4.78, 5) is 17.0. The van der Waals surface area contributed by atoms with Crippen molar-refractivity contribution in [1.82, 2.24) is 4.57 Å². The lowest BCUT2D eigenvalue weighted by Crippen LogP contribution is -2.27. The van der Waals surface area contributed by atoms with Gasteiger partial charge < -0.3 is 14.0 Å². The van der Waals surface area contributed by atoms with Crippen LogP contribution in [0.2, 0.25) is 5.02 Å². The first-order valence-electron chi connectivity index (χ1n) is 8.28. The molecule has 1 aromatic heterocycles. The smallest absolute Gasteiger partial charge is 0.282 e. The molecule has 1 aromatic carbocycles. The van der Waals surface area contributed by atoms with Gasteiger partial charge in [-0.3, -0.25) is 4.79 Å². The summed E-state index contributed by atoms with van der Waals surface area (Å²) in [6, 6.07) is 8.71. The van der Waals surface area contributed by atoms with E-state index in [-0.39, 0.29) is 12.0 Å². The van der Waals surface area contributed by atoms with Crippen LogP contribution in [-0.4, -0.2) is 30.3 Å². The molecule has 25 heavy (non-hydrogen) atoms. The first-order chi connectivity index (χ1) is 12.1. The molecule has 6 heteroatoms. The van der Waals surface area contributed by atoms with E-state index in [0.29, 0.717) is 28.4 Å². The summed E-state index contributed by atoms with van der Waals surface area (Å²) in [5, 5.41) is 0.468. The Balaban J connectivity index is 1.97. The zero-order valence-corrected chi connectivity index (χ0v) is 15.1. The Hall–Kier alpha value is -2.11. The van der Waals surface area contributed by atoms with Crippen molar-refractivity contribution in [2.45, 2.75) is 32.4 Å². The quantitative estimate of drug-likeness (QED) is 0.839. The molecule has 1 aliphatic rings. The molecule has 1 saturated heterocycles. The highest BCUT2D eigenvalue weighted by molar-refractivity contribution is 6.31. The molecule has 0 bridgehead atoms. The number of hydrogen-bond acceptors (Lipinski definition) is 3. The van der Waals surface area contributed by atoms with Crippen LogP contribution in [-0.2, 0) is 11.3 Å². The fraction of sp³-hybridized carbons (Fsp3) is 0.368. The maximum Gasteiger partial charge on any atom is 0.282 e. The number of halogens is 1. The highest BCUT2D eigenvalue weighted by Crippen LogP contribution is 2.23. The number of carbonyl (C=O) groups is 1. The summed E-state index contributed by atoms with van der Waals surface area (Å²) in [5.74, 6) is 0.0697. The van der Waals surface area contributed by atoms with Crippen LogP contribution < -0.4 is 10.2 Å². The normalized spacial score (nSPS) is 17.7. The molecule has 2 aromatic rings. The molecule has 132 valence electrons. The molecule has 0 N–H and O–H groups in total. The van der Waals surface area contributed by atoms with Gasteiger partial charge in [0.1, 0.15) is 11.2 Å². The molecule has 0 saturated carbocycles. The van der Waals surface area contributed by atoms with E-state index >= 15 is 0 Å². The van der Waals surface area contributed by atoms with Crippen molar-refractivity contribution in [1.29, 1.82) is 0 Å². The molecular weight excluding hydrogens is 340 g/mol. The van der Waals surface area contributed by atoms with Crippen molar-refractivity contribution in [3.8, 4) is 5.75 Å². The Kier molecular flexibility index (Phi) is 5.56. The molecule has 0 aliphatic carbocycles. The summed E-state index contributed by atoms with van der Waals surface area (Å²) >= 11 is 6.02. The third kappa shape index (κ3) is 4.30. The van der Waals surface area contributed by atoms with Crippen LogP contribution in [0.4, 0.5) is 0 Å². The van der Waals surface area contributed by atoms with Crippen LogP contribution >= 0.6 is 11.6 Å². The van der Waals surface area contributed by atoms with Crippen LogP contribution in [0, 0.1) is 6.92 Å². The van der Waals surface area contributed by atoms with Gasteiger partial charge >= 0.3 is 0 Å². The van der Waals surface area contributed by atoms with E-state index in [0.717, 1.165) is 25.0 Å². The third-order valence-electron chi connectivity index (χ3n) is 4.18. The maximum atomic E-state index is 12.7. The number of ether oxygens (including phenoxy) is 2. The lowest BCUT2D eigenvalue weighted by atomic mass is 10.2. The van der Waals surface area contributed by atoms with Gasteiger partial charge in [0.15, 0.2) is 0 Å². The van der Waals surface area contributed by atoms with E-state index in [2.05, 4.69) is 4.99 Å². The van der Waals surface area contributed by atoms with E-state index in [4.69, 9.17) is 21.1 Å². The predicted octanol–water partition coefficient (Wildman–Crippen LogP) is 3.38. The molecule has 0 radical (unpaired) electrons. The Morgan fingerprint density at radius 1 is 1.40 bits per heavy atom. The third-order valence-corrected chi connectivity index (χ3v) is 4.42. The summed E-state index contributed by atoms with van der Waals surface area (Å²) in [6.45, 7) is 3.49. The van der Waals surface area contributed by atoms with Crippen molar-refractivity contribution in [2.75, 3.05) is 13.7 Å². The van der Waals surface area contributed by atoms with Crippen molar-refractivity contribution in [2.24, 2.45) is 4.99 Å². The number of benzene rings is 1. The zero-order valence-electron chi connectivity index (χ0n) is 14.4. The number of aromatic nitrogens is 1. The van der Waals surface area contributed by atoms with E-state index < -0.39 is 0 Å². The second-order valence-corrected chi connectivity index (χ2v) is 6.55. The molecule has 1 unspecified atom stereocenters. The first kappa shape index (κ1) is 17.7. The molecule has 1 atom stereocenters. The number of rotatable bonds is 4. The molecule has 1 aliphatic heterocycles. The van der Waals surface area contributed by atoms with E-state index in [1.165, 1.54) is 7.11 Å². The van der Waals surface area contributed by atoms with Gasteiger partial charge in [-0.1, -0.05) is 17.7 Å². The topological polar surface area (TPSA) is 52.8 Å². The van der Waals surface area contributed by atoms with Gasteiger partial charge in [0, 0.05) is 17.8 Å². The van der Waals surface area contributed by atoms with E-state index in [1.807, 2.05) is 29.8 Å². The second-order valence-electron chi connectivity index (χ2n) is 6.11. The lowest BCUT2D eigenvalue weighted by molar-refractivity contribution is 0.0944. The summed E-state index contributed by atoms with van der Waals surface area (Å²) < 4.78 is 12.9. The number of hydrogen-bond donors (Lipinski definition) is 0. The molecule has 3 rings (SSSR count). The highest BCUT2D eigenvalue weighted by atomic mass is 35.5. The van der Waals surface area contributed by atoms with Crippen molar-refractivity contribution in [3.05, 3.63) is 58.2 Å². The van der Waals surface area contributed by atoms with Gasteiger partial charge in [0.2, 0.25) is 0 Å². The molecular formula is C19H21ClN2O3. The number of nitrogens with zero attached hydrogens (tertiary/aromatic N) is 2. The SMILES string of the molecule is COc1ccc(Cl)cc1C(=O)N=c1ccc(C)cn1CC1CCCO1. The minimum atomic E-state index is -0.385. The Bertz CT molecular complexity index is 839. The van der Waals surface area contributed by atoms with Crippen LogP contribution in [0.5, 0.6) is 5.75 Å². The van der Waals surface area contributed by atoms with Gasteiger partial charge in [-0.2, -0.15) is 4.99 Å². The van der Waals surface area contributed by atoms with Gasteiger partial charge in [-0.15, -0.1) is 0 Å². The number of methoxy groups -OCH3 is 1. The lowest BCUT2D eigenvalue weighted by Gasteiger charge is -2.14. The summed E-state index contributed by atoms with van der Waals surface area (Å²) in [6.07, 6.45) is 4.25. The number of pyridine rings is 1. The Morgan fingerprint density at radius 2 is 2.24 bits per heavy atom. The largest absolute Gasteiger partial charge is 0.496 e. The van der Waals surface area contributed by atoms with Gasteiger partial charge in [-0.05, 0) is 49.6 Å². The average Bonchev–Trinajstić information content (AvgIpc) is 3.10. The molecule has 2 heterocycles. The Morgan fingerprint density at radius 3 is 2.96 bits per heavy atom. The first-order valence-corrected chi connectivity index (χ1v) is 8.66. The zero-order chi connectivity index (χ0) is 17.8. The monoisotopic (exact) mass is 360 g/mol. The van der Waals surface area contributed by atoms with Gasteiger partial charge in [0.25, 0.3) is 5.91 Å². The number of aryl methyl sites for hydroxylation is 1. The van der Waals surface area contributed by atoms with Gasteiger partial charge in [-0.25, -0.2) is 0 Å². The van der Waals surface area contributed by atoms with Gasteiger partial charge in [0.05, 0.1) is 25.3 Å². The summed E-state index contributed by atoms with van der Waals surface area (Å²) in [5.41, 5.74) is 2.04. The Labute approximate surface area is 151 Å². The van der Waals surface area contributed by atoms with Crippen molar-refractivity contribution < 1.29 is 14.3 Å². The second kappa shape index (κ2) is 7.85. The standard InChI is InChI=1S/C19H21ClN2O3/c1-13-5-8-18(22(11-13)12-15-4-3-9-25-15)21-19(23)16-10-14(20)6-7-17(16)24-2/h5-8,10-11,15H,3-4,9,12H2,1-2H3. The number of amides is 1. The van der Waals surface area contributed by atoms with Crippen molar-refractivity contribution in [3.63, 3.8) is 0 Å².